The molecule has 0 radical (unpaired) electrons. The predicted octanol–water partition coefficient (Wildman–Crippen LogP) is 4.04. The van der Waals surface area contributed by atoms with Crippen LogP contribution in [-0.2, 0) is 22.0 Å². The molecule has 2 heterocycles. The zero-order chi connectivity index (χ0) is 27.2. The van der Waals surface area contributed by atoms with Gasteiger partial charge in [0.05, 0.1) is 4.90 Å². The fourth-order valence-corrected chi connectivity index (χ4v) is 4.48. The molecule has 37 heavy (non-hydrogen) atoms. The highest BCUT2D eigenvalue weighted by Crippen LogP contribution is 2.44. The zero-order valence-corrected chi connectivity index (χ0v) is 20.2. The summed E-state index contributed by atoms with van der Waals surface area (Å²) in [7, 11) is -3.53. The maximum atomic E-state index is 14.3. The molecule has 194 valence electrons. The molecule has 2 aromatic carbocycles. The first-order chi connectivity index (χ1) is 17.3. The number of halogens is 4. The Balaban J connectivity index is 1.79. The van der Waals surface area contributed by atoms with E-state index < -0.39 is 44.7 Å². The number of pyridine rings is 1. The number of alkyl halides is 3. The van der Waals surface area contributed by atoms with Crippen molar-refractivity contribution in [3.8, 4) is 0 Å². The molecule has 8 nitrogen and oxygen atoms in total. The summed E-state index contributed by atoms with van der Waals surface area (Å²) in [4.78, 5) is 20.9. The van der Waals surface area contributed by atoms with Gasteiger partial charge < -0.3 is 15.0 Å². The first-order valence-electron chi connectivity index (χ1n) is 10.8. The minimum absolute atomic E-state index is 0.0164. The van der Waals surface area contributed by atoms with Crippen LogP contribution in [0.5, 0.6) is 0 Å². The second-order valence-electron chi connectivity index (χ2n) is 8.19. The van der Waals surface area contributed by atoms with Crippen LogP contribution < -0.4 is 5.32 Å². The van der Waals surface area contributed by atoms with Crippen LogP contribution in [0.4, 0.5) is 23.2 Å². The van der Waals surface area contributed by atoms with Crippen LogP contribution >= 0.6 is 0 Å². The number of aliphatic hydroxyl groups is 1. The summed E-state index contributed by atoms with van der Waals surface area (Å²) in [5.74, 6) is -2.32. The number of fused-ring (bicyclic) bond motifs is 1. The van der Waals surface area contributed by atoms with Crippen molar-refractivity contribution in [1.82, 2.24) is 14.5 Å². The van der Waals surface area contributed by atoms with Crippen molar-refractivity contribution in [3.05, 3.63) is 83.6 Å². The Morgan fingerprint density at radius 1 is 1.05 bits per heavy atom. The van der Waals surface area contributed by atoms with Gasteiger partial charge in [0.1, 0.15) is 17.0 Å². The number of amides is 1. The number of anilines is 1. The SMILES string of the molecule is CCn1c(C(O)(c2ccc(F)cc2)C(F)(F)F)nc2ccc(C(=O)Nc3cccc(S(C)(=O)=O)c3)nc21. The van der Waals surface area contributed by atoms with Gasteiger partial charge in [-0.1, -0.05) is 18.2 Å². The van der Waals surface area contributed by atoms with E-state index in [1.54, 1.807) is 0 Å². The summed E-state index contributed by atoms with van der Waals surface area (Å²) < 4.78 is 80.7. The number of hydrogen-bond donors (Lipinski definition) is 2. The number of carbonyl (C=O) groups is 1. The Morgan fingerprint density at radius 3 is 2.32 bits per heavy atom. The maximum absolute atomic E-state index is 14.3. The average molecular weight is 537 g/mol. The predicted molar refractivity (Wildman–Crippen MR) is 126 cm³/mol. The van der Waals surface area contributed by atoms with Gasteiger partial charge in [0, 0.05) is 24.1 Å². The number of hydrogen-bond acceptors (Lipinski definition) is 6. The van der Waals surface area contributed by atoms with E-state index in [4.69, 9.17) is 0 Å². The molecule has 4 aromatic rings. The average Bonchev–Trinajstić information content (AvgIpc) is 3.21. The first kappa shape index (κ1) is 26.2. The molecule has 0 fully saturated rings. The largest absolute Gasteiger partial charge is 0.428 e. The third kappa shape index (κ3) is 4.79. The second-order valence-corrected chi connectivity index (χ2v) is 10.2. The first-order valence-corrected chi connectivity index (χ1v) is 12.7. The highest BCUT2D eigenvalue weighted by molar-refractivity contribution is 7.90. The lowest BCUT2D eigenvalue weighted by Crippen LogP contribution is -2.45. The van der Waals surface area contributed by atoms with E-state index in [0.29, 0.717) is 0 Å². The third-order valence-electron chi connectivity index (χ3n) is 5.66. The Kier molecular flexibility index (Phi) is 6.54. The van der Waals surface area contributed by atoms with Crippen LogP contribution in [0, 0.1) is 5.82 Å². The molecule has 2 aromatic heterocycles. The van der Waals surface area contributed by atoms with Gasteiger partial charge in [0.15, 0.2) is 21.3 Å². The Bertz CT molecular complexity index is 1600. The van der Waals surface area contributed by atoms with Gasteiger partial charge in [-0.3, -0.25) is 4.79 Å². The van der Waals surface area contributed by atoms with E-state index in [2.05, 4.69) is 15.3 Å². The van der Waals surface area contributed by atoms with Gasteiger partial charge in [-0.25, -0.2) is 22.8 Å². The fourth-order valence-electron chi connectivity index (χ4n) is 3.81. The molecule has 0 aliphatic rings. The summed E-state index contributed by atoms with van der Waals surface area (Å²) in [6, 6.07) is 11.3. The number of aromatic nitrogens is 3. The van der Waals surface area contributed by atoms with Crippen LogP contribution in [0.15, 0.2) is 65.6 Å². The molecule has 1 atom stereocenters. The van der Waals surface area contributed by atoms with Crippen molar-refractivity contribution < 1.29 is 35.9 Å². The highest BCUT2D eigenvalue weighted by atomic mass is 32.2. The van der Waals surface area contributed by atoms with E-state index in [-0.39, 0.29) is 34.0 Å². The number of imidazole rings is 1. The normalized spacial score (nSPS) is 13.9. The maximum Gasteiger partial charge on any atom is 0.428 e. The summed E-state index contributed by atoms with van der Waals surface area (Å²) in [5.41, 5.74) is -4.36. The van der Waals surface area contributed by atoms with Gasteiger partial charge in [-0.2, -0.15) is 13.2 Å². The lowest BCUT2D eigenvalue weighted by atomic mass is 9.92. The number of sulfone groups is 1. The van der Waals surface area contributed by atoms with Crippen molar-refractivity contribution in [2.45, 2.75) is 30.1 Å². The summed E-state index contributed by atoms with van der Waals surface area (Å²) >= 11 is 0. The summed E-state index contributed by atoms with van der Waals surface area (Å²) in [6.07, 6.45) is -4.22. The van der Waals surface area contributed by atoms with E-state index in [1.807, 2.05) is 0 Å². The monoisotopic (exact) mass is 536 g/mol. The molecular weight excluding hydrogens is 516 g/mol. The van der Waals surface area contributed by atoms with E-state index in [9.17, 15) is 35.9 Å². The summed E-state index contributed by atoms with van der Waals surface area (Å²) in [5, 5.41) is 13.5. The van der Waals surface area contributed by atoms with Crippen molar-refractivity contribution >= 4 is 32.6 Å². The minimum atomic E-state index is -5.23. The second kappa shape index (κ2) is 9.23. The van der Waals surface area contributed by atoms with Crippen LogP contribution in [-0.4, -0.2) is 46.4 Å². The molecule has 2 N–H and O–H groups in total. The molecule has 0 aliphatic heterocycles. The number of nitrogens with zero attached hydrogens (tertiary/aromatic N) is 3. The van der Waals surface area contributed by atoms with Crippen LogP contribution in [0.1, 0.15) is 28.8 Å². The topological polar surface area (TPSA) is 114 Å². The van der Waals surface area contributed by atoms with E-state index >= 15 is 0 Å². The number of nitrogens with one attached hydrogen (secondary N) is 1. The van der Waals surface area contributed by atoms with Crippen molar-refractivity contribution in [1.29, 1.82) is 0 Å². The lowest BCUT2D eigenvalue weighted by molar-refractivity contribution is -0.252. The van der Waals surface area contributed by atoms with Gasteiger partial charge in [-0.05, 0) is 49.4 Å². The van der Waals surface area contributed by atoms with E-state index in [0.717, 1.165) is 35.1 Å². The molecule has 0 aliphatic carbocycles. The highest BCUT2D eigenvalue weighted by Gasteiger charge is 2.59. The van der Waals surface area contributed by atoms with Gasteiger partial charge in [-0.15, -0.1) is 0 Å². The van der Waals surface area contributed by atoms with E-state index in [1.165, 1.54) is 43.3 Å². The molecular formula is C24H20F4N4O4S. The lowest BCUT2D eigenvalue weighted by Gasteiger charge is -2.30. The Hall–Kier alpha value is -3.84. The molecule has 0 bridgehead atoms. The van der Waals surface area contributed by atoms with Gasteiger partial charge in [0.25, 0.3) is 5.91 Å². The molecule has 4 rings (SSSR count). The summed E-state index contributed by atoms with van der Waals surface area (Å²) in [6.45, 7) is 1.41. The number of rotatable bonds is 6. The Labute approximate surface area is 208 Å². The van der Waals surface area contributed by atoms with Crippen molar-refractivity contribution in [3.63, 3.8) is 0 Å². The quantitative estimate of drug-likeness (QED) is 0.360. The Morgan fingerprint density at radius 2 is 1.73 bits per heavy atom. The van der Waals surface area contributed by atoms with Gasteiger partial charge >= 0.3 is 6.18 Å². The number of benzene rings is 2. The van der Waals surface area contributed by atoms with Crippen LogP contribution in [0.2, 0.25) is 0 Å². The van der Waals surface area contributed by atoms with Crippen molar-refractivity contribution in [2.75, 3.05) is 11.6 Å². The molecule has 0 spiro atoms. The fraction of sp³-hybridized carbons (Fsp3) is 0.208. The smallest absolute Gasteiger partial charge is 0.370 e. The molecule has 0 saturated carbocycles. The third-order valence-corrected chi connectivity index (χ3v) is 6.77. The van der Waals surface area contributed by atoms with Crippen molar-refractivity contribution in [2.24, 2.45) is 0 Å². The zero-order valence-electron chi connectivity index (χ0n) is 19.4. The minimum Gasteiger partial charge on any atom is -0.370 e. The molecule has 1 amide bonds. The van der Waals surface area contributed by atoms with Crippen LogP contribution in [0.25, 0.3) is 11.2 Å². The van der Waals surface area contributed by atoms with Crippen LogP contribution in [0.3, 0.4) is 0 Å². The molecule has 1 unspecified atom stereocenters. The number of carbonyl (C=O) groups excluding carboxylic acids is 1. The molecule has 0 saturated heterocycles. The standard InChI is InChI=1S/C24H20F4N4O4S/c1-3-32-20-18(31-22(32)23(34,24(26,27)28)14-7-9-15(25)10-8-14)11-12-19(30-20)21(33)29-16-5-4-6-17(13-16)37(2,35)36/h4-13,34H,3H2,1-2H3,(H,29,33). The van der Waals surface area contributed by atoms with Gasteiger partial charge in [0.2, 0.25) is 5.60 Å². The molecule has 13 heteroatoms. The number of aryl methyl sites for hydroxylation is 1.